The number of benzene rings is 3. The van der Waals surface area contributed by atoms with Gasteiger partial charge in [0, 0.05) is 5.02 Å². The standard InChI is InChI=1S/C22H15ClN2O5S2/c23-15-2-1-3-16(13-15)25-32(28,29)19-10-8-18(9-11-19)30-17-6-4-14(5-7-17)12-20-21(26)24-22(27)31-20/h1-13,25H,(H,24,26,27)/b20-12+. The zero-order chi connectivity index (χ0) is 22.7. The second-order valence-corrected chi connectivity index (χ2v) is 9.74. The molecular weight excluding hydrogens is 472 g/mol. The van der Waals surface area contributed by atoms with Crippen molar-refractivity contribution >= 4 is 56.3 Å². The fourth-order valence-corrected chi connectivity index (χ4v) is 4.72. The van der Waals surface area contributed by atoms with Crippen LogP contribution in [0.2, 0.25) is 5.02 Å². The van der Waals surface area contributed by atoms with Crippen LogP contribution in [0.3, 0.4) is 0 Å². The topological polar surface area (TPSA) is 102 Å². The molecule has 3 aromatic carbocycles. The van der Waals surface area contributed by atoms with Crippen molar-refractivity contribution in [2.75, 3.05) is 4.72 Å². The molecule has 1 aliphatic rings. The van der Waals surface area contributed by atoms with Gasteiger partial charge in [-0.3, -0.25) is 19.6 Å². The smallest absolute Gasteiger partial charge is 0.290 e. The van der Waals surface area contributed by atoms with Gasteiger partial charge in [-0.1, -0.05) is 29.8 Å². The van der Waals surface area contributed by atoms with Crippen molar-refractivity contribution in [2.45, 2.75) is 4.90 Å². The molecule has 0 saturated carbocycles. The lowest BCUT2D eigenvalue weighted by Crippen LogP contribution is -2.17. The highest BCUT2D eigenvalue weighted by atomic mass is 35.5. The maximum Gasteiger partial charge on any atom is 0.290 e. The van der Waals surface area contributed by atoms with Crippen LogP contribution in [0, 0.1) is 0 Å². The summed E-state index contributed by atoms with van der Waals surface area (Å²) in [6.07, 6.45) is 1.61. The molecule has 0 bridgehead atoms. The van der Waals surface area contributed by atoms with Crippen LogP contribution in [0.4, 0.5) is 10.5 Å². The van der Waals surface area contributed by atoms with Crippen LogP contribution in [-0.4, -0.2) is 19.6 Å². The number of imide groups is 1. The van der Waals surface area contributed by atoms with Crippen molar-refractivity contribution in [1.29, 1.82) is 0 Å². The molecule has 0 unspecified atom stereocenters. The molecule has 0 atom stereocenters. The summed E-state index contributed by atoms with van der Waals surface area (Å²) in [5.74, 6) is 0.564. The highest BCUT2D eigenvalue weighted by Gasteiger charge is 2.24. The van der Waals surface area contributed by atoms with E-state index >= 15 is 0 Å². The molecule has 0 radical (unpaired) electrons. The predicted molar refractivity (Wildman–Crippen MR) is 124 cm³/mol. The Hall–Kier alpha value is -3.27. The van der Waals surface area contributed by atoms with E-state index in [4.69, 9.17) is 16.3 Å². The third-order valence-electron chi connectivity index (χ3n) is 4.27. The maximum absolute atomic E-state index is 12.6. The van der Waals surface area contributed by atoms with Crippen molar-refractivity contribution in [3.63, 3.8) is 0 Å². The van der Waals surface area contributed by atoms with Gasteiger partial charge in [-0.2, -0.15) is 0 Å². The minimum atomic E-state index is -3.77. The van der Waals surface area contributed by atoms with E-state index in [0.717, 1.165) is 17.3 Å². The van der Waals surface area contributed by atoms with Gasteiger partial charge >= 0.3 is 0 Å². The summed E-state index contributed by atoms with van der Waals surface area (Å²) < 4.78 is 33.3. The molecule has 1 heterocycles. The molecule has 0 aliphatic carbocycles. The summed E-state index contributed by atoms with van der Waals surface area (Å²) in [4.78, 5) is 23.2. The number of amides is 2. The molecule has 1 saturated heterocycles. The van der Waals surface area contributed by atoms with Gasteiger partial charge in [0.2, 0.25) is 0 Å². The zero-order valence-electron chi connectivity index (χ0n) is 16.2. The van der Waals surface area contributed by atoms with Crippen molar-refractivity contribution in [1.82, 2.24) is 5.32 Å². The quantitative estimate of drug-likeness (QED) is 0.461. The molecule has 10 heteroatoms. The lowest BCUT2D eigenvalue weighted by Gasteiger charge is -2.10. The summed E-state index contributed by atoms with van der Waals surface area (Å²) in [6, 6.07) is 19.3. The summed E-state index contributed by atoms with van der Waals surface area (Å²) in [7, 11) is -3.77. The Morgan fingerprint density at radius 3 is 2.19 bits per heavy atom. The highest BCUT2D eigenvalue weighted by Crippen LogP contribution is 2.28. The number of rotatable bonds is 6. The van der Waals surface area contributed by atoms with Gasteiger partial charge in [-0.05, 0) is 78.0 Å². The van der Waals surface area contributed by atoms with Crippen LogP contribution in [0.5, 0.6) is 11.5 Å². The average molecular weight is 487 g/mol. The van der Waals surface area contributed by atoms with E-state index in [9.17, 15) is 18.0 Å². The molecule has 7 nitrogen and oxygen atoms in total. The van der Waals surface area contributed by atoms with Crippen LogP contribution in [0.1, 0.15) is 5.56 Å². The molecule has 162 valence electrons. The summed E-state index contributed by atoms with van der Waals surface area (Å²) in [5.41, 5.74) is 1.10. The van der Waals surface area contributed by atoms with Crippen molar-refractivity contribution in [2.24, 2.45) is 0 Å². The normalized spacial score (nSPS) is 15.0. The Bertz CT molecular complexity index is 1320. The molecule has 0 aromatic heterocycles. The first-order chi connectivity index (χ1) is 15.3. The van der Waals surface area contributed by atoms with Gasteiger partial charge in [0.25, 0.3) is 21.2 Å². The Morgan fingerprint density at radius 1 is 0.938 bits per heavy atom. The number of hydrogen-bond donors (Lipinski definition) is 2. The SMILES string of the molecule is O=C1NC(=O)/C(=C\c2ccc(Oc3ccc(S(=O)(=O)Nc4cccc(Cl)c4)cc3)cc2)S1. The number of anilines is 1. The molecule has 1 fully saturated rings. The lowest BCUT2D eigenvalue weighted by molar-refractivity contribution is -0.115. The van der Waals surface area contributed by atoms with E-state index in [2.05, 4.69) is 10.0 Å². The van der Waals surface area contributed by atoms with Crippen LogP contribution in [0.15, 0.2) is 82.6 Å². The van der Waals surface area contributed by atoms with E-state index in [1.807, 2.05) is 0 Å². The number of nitrogens with one attached hydrogen (secondary N) is 2. The molecule has 2 N–H and O–H groups in total. The Balaban J connectivity index is 1.43. The molecule has 0 spiro atoms. The molecule has 4 rings (SSSR count). The van der Waals surface area contributed by atoms with Crippen molar-refractivity contribution < 1.29 is 22.7 Å². The number of carbonyl (C=O) groups excluding carboxylic acids is 2. The number of hydrogen-bond acceptors (Lipinski definition) is 6. The Kier molecular flexibility index (Phi) is 6.22. The van der Waals surface area contributed by atoms with Crippen LogP contribution >= 0.6 is 23.4 Å². The van der Waals surface area contributed by atoms with E-state index in [1.54, 1.807) is 60.7 Å². The minimum absolute atomic E-state index is 0.0775. The van der Waals surface area contributed by atoms with Crippen LogP contribution < -0.4 is 14.8 Å². The van der Waals surface area contributed by atoms with Crippen LogP contribution in [0.25, 0.3) is 6.08 Å². The second-order valence-electron chi connectivity index (χ2n) is 6.61. The molecule has 32 heavy (non-hydrogen) atoms. The predicted octanol–water partition coefficient (Wildman–Crippen LogP) is 5.26. The van der Waals surface area contributed by atoms with Crippen LogP contribution in [-0.2, 0) is 14.8 Å². The number of thioether (sulfide) groups is 1. The molecule has 3 aromatic rings. The lowest BCUT2D eigenvalue weighted by atomic mass is 10.2. The number of halogens is 1. The van der Waals surface area contributed by atoms with Gasteiger partial charge in [-0.25, -0.2) is 8.42 Å². The Labute approximate surface area is 193 Å². The monoisotopic (exact) mass is 486 g/mol. The molecular formula is C22H15ClN2O5S2. The largest absolute Gasteiger partial charge is 0.457 e. The third-order valence-corrected chi connectivity index (χ3v) is 6.71. The van der Waals surface area contributed by atoms with Gasteiger partial charge in [0.1, 0.15) is 11.5 Å². The van der Waals surface area contributed by atoms with E-state index in [-0.39, 0.29) is 4.90 Å². The highest BCUT2D eigenvalue weighted by molar-refractivity contribution is 8.18. The Morgan fingerprint density at radius 2 is 1.59 bits per heavy atom. The second kappa shape index (κ2) is 9.07. The summed E-state index contributed by atoms with van der Waals surface area (Å²) >= 11 is 6.74. The van der Waals surface area contributed by atoms with Gasteiger partial charge in [0.05, 0.1) is 15.5 Å². The van der Waals surface area contributed by atoms with E-state index in [0.29, 0.717) is 27.1 Å². The number of carbonyl (C=O) groups is 2. The summed E-state index contributed by atoms with van der Waals surface area (Å²) in [5, 5.41) is 2.23. The fourth-order valence-electron chi connectivity index (χ4n) is 2.79. The average Bonchev–Trinajstić information content (AvgIpc) is 3.06. The van der Waals surface area contributed by atoms with E-state index < -0.39 is 21.2 Å². The molecule has 2 amide bonds. The number of sulfonamides is 1. The van der Waals surface area contributed by atoms with Gasteiger partial charge in [0.15, 0.2) is 0 Å². The van der Waals surface area contributed by atoms with Gasteiger partial charge < -0.3 is 4.74 Å². The summed E-state index contributed by atoms with van der Waals surface area (Å²) in [6.45, 7) is 0. The zero-order valence-corrected chi connectivity index (χ0v) is 18.6. The third kappa shape index (κ3) is 5.31. The van der Waals surface area contributed by atoms with E-state index in [1.165, 1.54) is 18.2 Å². The number of ether oxygens (including phenoxy) is 1. The minimum Gasteiger partial charge on any atom is -0.457 e. The van der Waals surface area contributed by atoms with Crippen molar-refractivity contribution in [3.8, 4) is 11.5 Å². The first kappa shape index (κ1) is 21.9. The first-order valence-electron chi connectivity index (χ1n) is 9.20. The first-order valence-corrected chi connectivity index (χ1v) is 11.9. The van der Waals surface area contributed by atoms with Crippen molar-refractivity contribution in [3.05, 3.63) is 88.3 Å². The fraction of sp³-hybridized carbons (Fsp3) is 0. The molecule has 1 aliphatic heterocycles. The maximum atomic E-state index is 12.6. The van der Waals surface area contributed by atoms with Gasteiger partial charge in [-0.15, -0.1) is 0 Å².